The number of nitrogens with zero attached hydrogens (tertiary/aromatic N) is 1. The molecule has 3 nitrogen and oxygen atoms in total. The Morgan fingerprint density at radius 3 is 1.52 bits per heavy atom. The minimum Gasteiger partial charge on any atom is -0.494 e. The first-order chi connectivity index (χ1) is 19.8. The van der Waals surface area contributed by atoms with Gasteiger partial charge < -0.3 is 9.47 Å². The van der Waals surface area contributed by atoms with Crippen molar-refractivity contribution in [2.24, 2.45) is 4.99 Å². The van der Waals surface area contributed by atoms with Crippen LogP contribution in [0, 0.1) is 0 Å². The van der Waals surface area contributed by atoms with Crippen molar-refractivity contribution in [2.45, 2.75) is 110 Å². The molecule has 0 unspecified atom stereocenters. The zero-order chi connectivity index (χ0) is 27.9. The van der Waals surface area contributed by atoms with Gasteiger partial charge in [0.05, 0.1) is 12.3 Å². The molecule has 0 radical (unpaired) electrons. The third-order valence-electron chi connectivity index (χ3n) is 7.33. The fraction of sp³-hybridized carbons (Fsp3) is 0.486. The van der Waals surface area contributed by atoms with Crippen LogP contribution in [-0.4, -0.2) is 12.8 Å². The topological polar surface area (TPSA) is 30.8 Å². The lowest BCUT2D eigenvalue weighted by molar-refractivity contribution is 0.304. The number of para-hydroxylation sites is 1. The molecule has 0 bridgehead atoms. The third-order valence-corrected chi connectivity index (χ3v) is 7.33. The molecule has 0 aliphatic rings. The molecule has 0 saturated heterocycles. The molecule has 0 saturated carbocycles. The fourth-order valence-corrected chi connectivity index (χ4v) is 4.86. The second kappa shape index (κ2) is 20.8. The van der Waals surface area contributed by atoms with Crippen molar-refractivity contribution in [1.29, 1.82) is 0 Å². The smallest absolute Gasteiger partial charge is 0.127 e. The number of benzene rings is 3. The van der Waals surface area contributed by atoms with E-state index in [9.17, 15) is 0 Å². The van der Waals surface area contributed by atoms with E-state index in [1.807, 2.05) is 72.9 Å². The van der Waals surface area contributed by atoms with E-state index in [0.29, 0.717) is 0 Å². The molecule has 0 amide bonds. The Labute approximate surface area is 244 Å². The van der Waals surface area contributed by atoms with Gasteiger partial charge in [-0.25, -0.2) is 0 Å². The summed E-state index contributed by atoms with van der Waals surface area (Å²) in [6.45, 7) is 3.09. The first kappa shape index (κ1) is 31.5. The van der Waals surface area contributed by atoms with E-state index in [4.69, 9.17) is 9.47 Å². The molecule has 0 atom stereocenters. The Bertz CT molecular complexity index is 1030. The second-order valence-electron chi connectivity index (χ2n) is 10.9. The van der Waals surface area contributed by atoms with Gasteiger partial charge in [-0.15, -0.1) is 0 Å². The molecule has 3 aromatic carbocycles. The van der Waals surface area contributed by atoms with E-state index in [0.717, 1.165) is 41.5 Å². The number of hydrogen-bond acceptors (Lipinski definition) is 3. The van der Waals surface area contributed by atoms with Gasteiger partial charge in [0.25, 0.3) is 0 Å². The monoisotopic (exact) mass is 541 g/mol. The Morgan fingerprint density at radius 1 is 0.500 bits per heavy atom. The van der Waals surface area contributed by atoms with Crippen LogP contribution in [0.2, 0.25) is 0 Å². The van der Waals surface area contributed by atoms with Crippen molar-refractivity contribution < 1.29 is 9.47 Å². The van der Waals surface area contributed by atoms with Gasteiger partial charge in [-0.2, -0.15) is 0 Å². The van der Waals surface area contributed by atoms with Gasteiger partial charge in [-0.1, -0.05) is 121 Å². The molecule has 0 spiro atoms. The third kappa shape index (κ3) is 14.4. The minimum atomic E-state index is 0.795. The number of hydrogen-bond donors (Lipinski definition) is 0. The van der Waals surface area contributed by atoms with Crippen LogP contribution in [0.3, 0.4) is 0 Å². The van der Waals surface area contributed by atoms with E-state index >= 15 is 0 Å². The Balaban J connectivity index is 1.16. The predicted molar refractivity (Wildman–Crippen MR) is 172 cm³/mol. The van der Waals surface area contributed by atoms with E-state index in [1.54, 1.807) is 0 Å². The van der Waals surface area contributed by atoms with Gasteiger partial charge in [0, 0.05) is 6.21 Å². The summed E-state index contributed by atoms with van der Waals surface area (Å²) in [4.78, 5) is 4.58. The van der Waals surface area contributed by atoms with Crippen LogP contribution in [0.1, 0.15) is 115 Å². The standard InChI is InChI=1S/C37H51NO2/c1-2-3-4-5-6-7-8-9-10-11-12-13-14-15-16-20-31-39-35-27-23-33(24-28-35)32-38-34-25-29-37(30-26-34)40-36-21-18-17-19-22-36/h17-19,21-30,32H,2-16,20,31H2,1H3. The Hall–Kier alpha value is -3.07. The number of ether oxygens (including phenoxy) is 2. The summed E-state index contributed by atoms with van der Waals surface area (Å²) in [5.41, 5.74) is 1.95. The molecule has 0 aliphatic carbocycles. The molecule has 0 heterocycles. The van der Waals surface area contributed by atoms with Crippen LogP contribution in [0.25, 0.3) is 0 Å². The van der Waals surface area contributed by atoms with Crippen molar-refractivity contribution in [3.8, 4) is 17.2 Å². The van der Waals surface area contributed by atoms with Crippen molar-refractivity contribution in [2.75, 3.05) is 6.61 Å². The predicted octanol–water partition coefficient (Wildman–Crippen LogP) is 11.9. The van der Waals surface area contributed by atoms with E-state index < -0.39 is 0 Å². The molecule has 0 fully saturated rings. The zero-order valence-corrected chi connectivity index (χ0v) is 24.9. The lowest BCUT2D eigenvalue weighted by Crippen LogP contribution is -1.97. The summed E-state index contributed by atoms with van der Waals surface area (Å²) in [6, 6.07) is 25.8. The Kier molecular flexibility index (Phi) is 16.3. The average molecular weight is 542 g/mol. The van der Waals surface area contributed by atoms with Crippen LogP contribution in [0.5, 0.6) is 17.2 Å². The van der Waals surface area contributed by atoms with E-state index in [1.165, 1.54) is 96.3 Å². The van der Waals surface area contributed by atoms with Gasteiger partial charge in [-0.3, -0.25) is 4.99 Å². The van der Waals surface area contributed by atoms with Gasteiger partial charge in [-0.05, 0) is 72.6 Å². The molecular formula is C37H51NO2. The quantitative estimate of drug-likeness (QED) is 0.0935. The molecule has 0 aromatic heterocycles. The molecule has 40 heavy (non-hydrogen) atoms. The van der Waals surface area contributed by atoms with Crippen molar-refractivity contribution >= 4 is 11.9 Å². The van der Waals surface area contributed by atoms with Crippen LogP contribution in [0.4, 0.5) is 5.69 Å². The van der Waals surface area contributed by atoms with Gasteiger partial charge >= 0.3 is 0 Å². The fourth-order valence-electron chi connectivity index (χ4n) is 4.86. The van der Waals surface area contributed by atoms with Crippen LogP contribution in [0.15, 0.2) is 83.9 Å². The molecule has 0 aliphatic heterocycles. The second-order valence-corrected chi connectivity index (χ2v) is 10.9. The maximum absolute atomic E-state index is 5.95. The highest BCUT2D eigenvalue weighted by Crippen LogP contribution is 2.24. The molecular weight excluding hydrogens is 490 g/mol. The number of rotatable bonds is 22. The maximum Gasteiger partial charge on any atom is 0.127 e. The summed E-state index contributed by atoms with van der Waals surface area (Å²) in [7, 11) is 0. The number of aliphatic imine (C=N–C) groups is 1. The van der Waals surface area contributed by atoms with Gasteiger partial charge in [0.1, 0.15) is 17.2 Å². The highest BCUT2D eigenvalue weighted by atomic mass is 16.5. The highest BCUT2D eigenvalue weighted by Gasteiger charge is 1.99. The van der Waals surface area contributed by atoms with Crippen LogP contribution < -0.4 is 9.47 Å². The Morgan fingerprint density at radius 2 is 0.975 bits per heavy atom. The minimum absolute atomic E-state index is 0.795. The summed E-state index contributed by atoms with van der Waals surface area (Å²) in [5, 5.41) is 0. The highest BCUT2D eigenvalue weighted by molar-refractivity contribution is 5.82. The molecule has 3 aromatic rings. The lowest BCUT2D eigenvalue weighted by Gasteiger charge is -2.07. The molecule has 3 heteroatoms. The summed E-state index contributed by atoms with van der Waals surface area (Å²) in [5.74, 6) is 2.56. The first-order valence-electron chi connectivity index (χ1n) is 15.9. The van der Waals surface area contributed by atoms with Gasteiger partial charge in [0.15, 0.2) is 0 Å². The maximum atomic E-state index is 5.95. The van der Waals surface area contributed by atoms with E-state index in [2.05, 4.69) is 24.0 Å². The molecule has 216 valence electrons. The normalized spacial score (nSPS) is 11.2. The summed E-state index contributed by atoms with van der Waals surface area (Å²) in [6.07, 6.45) is 24.1. The SMILES string of the molecule is CCCCCCCCCCCCCCCCCCOc1ccc(C=Nc2ccc(Oc3ccccc3)cc2)cc1. The lowest BCUT2D eigenvalue weighted by atomic mass is 10.0. The zero-order valence-electron chi connectivity index (χ0n) is 24.9. The van der Waals surface area contributed by atoms with Crippen LogP contribution in [-0.2, 0) is 0 Å². The molecule has 3 rings (SSSR count). The molecule has 0 N–H and O–H groups in total. The van der Waals surface area contributed by atoms with Gasteiger partial charge in [0.2, 0.25) is 0 Å². The van der Waals surface area contributed by atoms with Crippen LogP contribution >= 0.6 is 0 Å². The largest absolute Gasteiger partial charge is 0.494 e. The van der Waals surface area contributed by atoms with Crippen molar-refractivity contribution in [1.82, 2.24) is 0 Å². The van der Waals surface area contributed by atoms with Crippen molar-refractivity contribution in [3.63, 3.8) is 0 Å². The average Bonchev–Trinajstić information content (AvgIpc) is 2.99. The van der Waals surface area contributed by atoms with E-state index in [-0.39, 0.29) is 0 Å². The summed E-state index contributed by atoms with van der Waals surface area (Å²) < 4.78 is 11.8. The first-order valence-corrected chi connectivity index (χ1v) is 15.9. The van der Waals surface area contributed by atoms with Crippen molar-refractivity contribution in [3.05, 3.63) is 84.4 Å². The summed E-state index contributed by atoms with van der Waals surface area (Å²) >= 11 is 0. The number of unbranched alkanes of at least 4 members (excludes halogenated alkanes) is 15.